The maximum atomic E-state index is 4.31. The Morgan fingerprint density at radius 1 is 1.14 bits per heavy atom. The van der Waals surface area contributed by atoms with E-state index >= 15 is 0 Å². The molecule has 1 aromatic carbocycles. The summed E-state index contributed by atoms with van der Waals surface area (Å²) in [5, 5.41) is 4.31. The summed E-state index contributed by atoms with van der Waals surface area (Å²) in [6.45, 7) is 2.30. The summed E-state index contributed by atoms with van der Waals surface area (Å²) in [4.78, 5) is 2.70. The largest absolute Gasteiger partial charge is 0.295 e. The van der Waals surface area contributed by atoms with Crippen LogP contribution in [0.5, 0.6) is 0 Å². The fourth-order valence-corrected chi connectivity index (χ4v) is 4.08. The molecule has 2 bridgehead atoms. The predicted octanol–water partition coefficient (Wildman–Crippen LogP) is 2.80. The van der Waals surface area contributed by atoms with Crippen molar-refractivity contribution in [2.75, 3.05) is 6.54 Å². The monoisotopic (exact) mass is 281 g/mol. The first kappa shape index (κ1) is 13.1. The quantitative estimate of drug-likeness (QED) is 0.844. The van der Waals surface area contributed by atoms with Gasteiger partial charge in [0.25, 0.3) is 0 Å². The highest BCUT2D eigenvalue weighted by Crippen LogP contribution is 2.32. The third kappa shape index (κ3) is 2.62. The van der Waals surface area contributed by atoms with Gasteiger partial charge in [0.2, 0.25) is 0 Å². The molecule has 3 heteroatoms. The maximum Gasteiger partial charge on any atom is 0.0534 e. The van der Waals surface area contributed by atoms with Crippen molar-refractivity contribution in [2.24, 2.45) is 13.0 Å². The highest BCUT2D eigenvalue weighted by atomic mass is 15.2. The van der Waals surface area contributed by atoms with Crippen LogP contribution in [0.3, 0.4) is 0 Å². The zero-order valence-electron chi connectivity index (χ0n) is 12.7. The molecule has 3 nitrogen and oxygen atoms in total. The second kappa shape index (κ2) is 5.30. The molecule has 1 fully saturated rings. The van der Waals surface area contributed by atoms with Gasteiger partial charge in [0.05, 0.1) is 6.20 Å². The molecule has 2 aliphatic heterocycles. The van der Waals surface area contributed by atoms with Gasteiger partial charge >= 0.3 is 0 Å². The molecule has 1 aliphatic carbocycles. The minimum absolute atomic E-state index is 0.697. The standard InChI is InChI=1S/C18H23N3/c1-20-11-15(10-19-20)13-21-12-14-6-7-18(21)9-17-5-3-2-4-16(17)8-14/h2-5,10-11,14,18H,6-9,12-13H2,1H3/t14-,18-/m1/s1. The number of nitrogens with zero attached hydrogens (tertiary/aromatic N) is 3. The van der Waals surface area contributed by atoms with Crippen molar-refractivity contribution in [3.63, 3.8) is 0 Å². The second-order valence-electron chi connectivity index (χ2n) is 6.73. The molecule has 0 saturated carbocycles. The smallest absolute Gasteiger partial charge is 0.0534 e. The molecule has 110 valence electrons. The molecule has 2 atom stereocenters. The summed E-state index contributed by atoms with van der Waals surface area (Å²) in [5.41, 5.74) is 4.51. The van der Waals surface area contributed by atoms with E-state index in [0.29, 0.717) is 6.04 Å². The summed E-state index contributed by atoms with van der Waals surface area (Å²) in [5.74, 6) is 0.819. The van der Waals surface area contributed by atoms with Gasteiger partial charge < -0.3 is 0 Å². The first-order valence-electron chi connectivity index (χ1n) is 8.06. The minimum atomic E-state index is 0.697. The van der Waals surface area contributed by atoms with Crippen molar-refractivity contribution in [3.8, 4) is 0 Å². The number of hydrogen-bond donors (Lipinski definition) is 0. The minimum Gasteiger partial charge on any atom is -0.295 e. The molecule has 0 radical (unpaired) electrons. The molecule has 1 aromatic heterocycles. The third-order valence-electron chi connectivity index (χ3n) is 5.14. The number of hydrogen-bond acceptors (Lipinski definition) is 2. The lowest BCUT2D eigenvalue weighted by molar-refractivity contribution is 0.0938. The third-order valence-corrected chi connectivity index (χ3v) is 5.14. The van der Waals surface area contributed by atoms with Gasteiger partial charge in [-0.1, -0.05) is 24.3 Å². The molecule has 3 heterocycles. The fraction of sp³-hybridized carbons (Fsp3) is 0.500. The number of benzene rings is 1. The van der Waals surface area contributed by atoms with Crippen LogP contribution >= 0.6 is 0 Å². The highest BCUT2D eigenvalue weighted by molar-refractivity contribution is 5.30. The van der Waals surface area contributed by atoms with Gasteiger partial charge in [0, 0.05) is 37.9 Å². The summed E-state index contributed by atoms with van der Waals surface area (Å²) < 4.78 is 1.91. The van der Waals surface area contributed by atoms with E-state index in [0.717, 1.165) is 12.5 Å². The van der Waals surface area contributed by atoms with Gasteiger partial charge in [-0.3, -0.25) is 9.58 Å². The Hall–Kier alpha value is -1.61. The van der Waals surface area contributed by atoms with Crippen LogP contribution in [0.15, 0.2) is 36.7 Å². The predicted molar refractivity (Wildman–Crippen MR) is 84.0 cm³/mol. The molecule has 0 spiro atoms. The zero-order valence-corrected chi connectivity index (χ0v) is 12.7. The molecule has 0 amide bonds. The molecular weight excluding hydrogens is 258 g/mol. The van der Waals surface area contributed by atoms with Gasteiger partial charge in [-0.25, -0.2) is 0 Å². The number of aromatic nitrogens is 2. The fourth-order valence-electron chi connectivity index (χ4n) is 4.08. The highest BCUT2D eigenvalue weighted by Gasteiger charge is 2.31. The topological polar surface area (TPSA) is 21.1 Å². The summed E-state index contributed by atoms with van der Waals surface area (Å²) >= 11 is 0. The van der Waals surface area contributed by atoms with Crippen molar-refractivity contribution < 1.29 is 0 Å². The lowest BCUT2D eigenvalue weighted by Crippen LogP contribution is -2.46. The van der Waals surface area contributed by atoms with Crippen molar-refractivity contribution in [1.82, 2.24) is 14.7 Å². The van der Waals surface area contributed by atoms with Gasteiger partial charge in [0.15, 0.2) is 0 Å². The van der Waals surface area contributed by atoms with Crippen LogP contribution < -0.4 is 0 Å². The van der Waals surface area contributed by atoms with Crippen LogP contribution in [0.1, 0.15) is 29.5 Å². The Bertz CT molecular complexity index is 631. The molecule has 0 N–H and O–H groups in total. The first-order valence-corrected chi connectivity index (χ1v) is 8.06. The van der Waals surface area contributed by atoms with Crippen LogP contribution in [0.4, 0.5) is 0 Å². The van der Waals surface area contributed by atoms with Crippen LogP contribution in [0.2, 0.25) is 0 Å². The van der Waals surface area contributed by atoms with E-state index in [-0.39, 0.29) is 0 Å². The Morgan fingerprint density at radius 2 is 1.95 bits per heavy atom. The van der Waals surface area contributed by atoms with E-state index in [9.17, 15) is 0 Å². The van der Waals surface area contributed by atoms with Gasteiger partial charge in [-0.2, -0.15) is 5.10 Å². The van der Waals surface area contributed by atoms with Crippen molar-refractivity contribution in [3.05, 3.63) is 53.3 Å². The number of piperidine rings is 1. The summed E-state index contributed by atoms with van der Waals surface area (Å²) in [6.07, 6.45) is 9.37. The van der Waals surface area contributed by atoms with E-state index in [1.807, 2.05) is 17.9 Å². The first-order chi connectivity index (χ1) is 10.3. The van der Waals surface area contributed by atoms with Gasteiger partial charge in [-0.05, 0) is 42.7 Å². The Labute approximate surface area is 126 Å². The van der Waals surface area contributed by atoms with Gasteiger partial charge in [-0.15, -0.1) is 0 Å². The molecule has 1 saturated heterocycles. The summed E-state index contributed by atoms with van der Waals surface area (Å²) in [6, 6.07) is 9.75. The zero-order chi connectivity index (χ0) is 14.2. The molecular formula is C18H23N3. The van der Waals surface area contributed by atoms with Crippen LogP contribution in [-0.2, 0) is 26.4 Å². The molecule has 2 aromatic rings. The SMILES string of the molecule is Cn1cc(CN2C[C@@H]3CC[C@@H]2Cc2ccccc2C3)cn1. The van der Waals surface area contributed by atoms with Crippen LogP contribution in [0.25, 0.3) is 0 Å². The van der Waals surface area contributed by atoms with E-state index in [1.165, 1.54) is 37.8 Å². The van der Waals surface area contributed by atoms with Crippen molar-refractivity contribution in [1.29, 1.82) is 0 Å². The van der Waals surface area contributed by atoms with E-state index in [2.05, 4.69) is 40.5 Å². The number of fused-ring (bicyclic) bond motifs is 2. The van der Waals surface area contributed by atoms with E-state index in [1.54, 1.807) is 11.1 Å². The van der Waals surface area contributed by atoms with E-state index in [4.69, 9.17) is 0 Å². The lowest BCUT2D eigenvalue weighted by atomic mass is 9.80. The Balaban J connectivity index is 1.58. The van der Waals surface area contributed by atoms with Crippen molar-refractivity contribution in [2.45, 2.75) is 38.3 Å². The number of aryl methyl sites for hydroxylation is 1. The molecule has 3 aliphatic rings. The molecule has 0 unspecified atom stereocenters. The van der Waals surface area contributed by atoms with Crippen molar-refractivity contribution >= 4 is 0 Å². The average molecular weight is 281 g/mol. The van der Waals surface area contributed by atoms with E-state index < -0.39 is 0 Å². The Kier molecular flexibility index (Phi) is 3.30. The average Bonchev–Trinajstić information content (AvgIpc) is 2.85. The van der Waals surface area contributed by atoms with Crippen LogP contribution in [0, 0.1) is 5.92 Å². The second-order valence-corrected chi connectivity index (χ2v) is 6.73. The maximum absolute atomic E-state index is 4.31. The van der Waals surface area contributed by atoms with Crippen LogP contribution in [-0.4, -0.2) is 27.3 Å². The normalized spacial score (nSPS) is 25.4. The Morgan fingerprint density at radius 3 is 2.71 bits per heavy atom. The number of rotatable bonds is 2. The summed E-state index contributed by atoms with van der Waals surface area (Å²) in [7, 11) is 2.00. The molecule has 5 rings (SSSR count). The molecule has 21 heavy (non-hydrogen) atoms. The van der Waals surface area contributed by atoms with Gasteiger partial charge in [0.1, 0.15) is 0 Å². The lowest BCUT2D eigenvalue weighted by Gasteiger charge is -2.42.